The molecule has 0 aliphatic carbocycles. The zero-order valence-electron chi connectivity index (χ0n) is 11.8. The highest BCUT2D eigenvalue weighted by Gasteiger charge is 2.32. The summed E-state index contributed by atoms with van der Waals surface area (Å²) in [6.45, 7) is 4.02. The fourth-order valence-corrected chi connectivity index (χ4v) is 3.09. The Morgan fingerprint density at radius 2 is 2.35 bits per heavy atom. The quantitative estimate of drug-likeness (QED) is 0.873. The van der Waals surface area contributed by atoms with Crippen molar-refractivity contribution in [1.29, 1.82) is 0 Å². The maximum atomic E-state index is 12.4. The van der Waals surface area contributed by atoms with E-state index in [1.165, 1.54) is 4.88 Å². The molecule has 1 aliphatic heterocycles. The second-order valence-corrected chi connectivity index (χ2v) is 5.84. The van der Waals surface area contributed by atoms with Crippen molar-refractivity contribution in [2.75, 3.05) is 19.6 Å². The van der Waals surface area contributed by atoms with Crippen LogP contribution in [-0.2, 0) is 16.0 Å². The fourth-order valence-electron chi connectivity index (χ4n) is 2.39. The maximum absolute atomic E-state index is 12.4. The predicted molar refractivity (Wildman–Crippen MR) is 84.5 cm³/mol. The van der Waals surface area contributed by atoms with Gasteiger partial charge in [0.1, 0.15) is 6.10 Å². The summed E-state index contributed by atoms with van der Waals surface area (Å²) in [6, 6.07) is 4.16. The van der Waals surface area contributed by atoms with E-state index >= 15 is 0 Å². The van der Waals surface area contributed by atoms with Crippen molar-refractivity contribution < 1.29 is 9.53 Å². The Balaban J connectivity index is 0.00000200. The molecule has 6 heteroatoms. The smallest absolute Gasteiger partial charge is 0.251 e. The van der Waals surface area contributed by atoms with Crippen molar-refractivity contribution in [1.82, 2.24) is 4.90 Å². The number of nitrogens with two attached hydrogens (primary N) is 1. The van der Waals surface area contributed by atoms with Crippen LogP contribution in [0.4, 0.5) is 0 Å². The van der Waals surface area contributed by atoms with Gasteiger partial charge >= 0.3 is 0 Å². The van der Waals surface area contributed by atoms with Gasteiger partial charge in [0.15, 0.2) is 0 Å². The maximum Gasteiger partial charge on any atom is 0.251 e. The summed E-state index contributed by atoms with van der Waals surface area (Å²) in [4.78, 5) is 15.6. The molecule has 0 radical (unpaired) electrons. The summed E-state index contributed by atoms with van der Waals surface area (Å²) in [5, 5.41) is 2.07. The van der Waals surface area contributed by atoms with E-state index in [4.69, 9.17) is 10.5 Å². The molecular weight excluding hydrogens is 296 g/mol. The summed E-state index contributed by atoms with van der Waals surface area (Å²) in [7, 11) is 0. The standard InChI is InChI=1S/C14H22N2O2S.ClH/c1-2-16(8-7-12-4-3-9-19-12)14(17)13-6-5-11(10-15)18-13;/h3-4,9,11,13H,2,5-8,10,15H2,1H3;1H/t11-,13+;/m1./s1. The number of carbonyl (C=O) groups is 1. The number of hydrogen-bond donors (Lipinski definition) is 1. The molecule has 0 unspecified atom stereocenters. The highest BCUT2D eigenvalue weighted by Crippen LogP contribution is 2.21. The molecule has 2 heterocycles. The topological polar surface area (TPSA) is 55.6 Å². The second-order valence-electron chi connectivity index (χ2n) is 4.81. The lowest BCUT2D eigenvalue weighted by molar-refractivity contribution is -0.142. The molecule has 1 fully saturated rings. The first-order valence-corrected chi connectivity index (χ1v) is 7.79. The molecule has 2 atom stereocenters. The molecule has 2 N–H and O–H groups in total. The van der Waals surface area contributed by atoms with Gasteiger partial charge in [0.25, 0.3) is 5.91 Å². The SMILES string of the molecule is CCN(CCc1cccs1)C(=O)[C@@H]1CC[C@H](CN)O1.Cl. The van der Waals surface area contributed by atoms with Crippen molar-refractivity contribution in [2.24, 2.45) is 5.73 Å². The Morgan fingerprint density at radius 3 is 2.90 bits per heavy atom. The first-order valence-electron chi connectivity index (χ1n) is 6.91. The predicted octanol–water partition coefficient (Wildman–Crippen LogP) is 2.07. The van der Waals surface area contributed by atoms with Crippen LogP contribution in [0, 0.1) is 0 Å². The van der Waals surface area contributed by atoms with E-state index in [1.807, 2.05) is 17.9 Å². The molecule has 1 amide bonds. The van der Waals surface area contributed by atoms with Gasteiger partial charge < -0.3 is 15.4 Å². The molecule has 1 aliphatic rings. The molecule has 0 spiro atoms. The molecule has 20 heavy (non-hydrogen) atoms. The van der Waals surface area contributed by atoms with Crippen LogP contribution in [0.1, 0.15) is 24.6 Å². The van der Waals surface area contributed by atoms with Crippen LogP contribution in [0.5, 0.6) is 0 Å². The first kappa shape index (κ1) is 17.4. The van der Waals surface area contributed by atoms with E-state index in [9.17, 15) is 4.79 Å². The van der Waals surface area contributed by atoms with Gasteiger partial charge in [-0.1, -0.05) is 6.07 Å². The number of ether oxygens (including phenoxy) is 1. The number of nitrogens with zero attached hydrogens (tertiary/aromatic N) is 1. The van der Waals surface area contributed by atoms with Gasteiger partial charge in [-0.15, -0.1) is 23.7 Å². The van der Waals surface area contributed by atoms with E-state index in [-0.39, 0.29) is 30.5 Å². The van der Waals surface area contributed by atoms with Gasteiger partial charge in [-0.25, -0.2) is 0 Å². The highest BCUT2D eigenvalue weighted by molar-refractivity contribution is 7.09. The number of likely N-dealkylation sites (N-methyl/N-ethyl adjacent to an activating group) is 1. The van der Waals surface area contributed by atoms with Gasteiger partial charge in [0, 0.05) is 24.5 Å². The number of hydrogen-bond acceptors (Lipinski definition) is 4. The minimum absolute atomic E-state index is 0. The molecule has 0 aromatic carbocycles. The average molecular weight is 319 g/mol. The highest BCUT2D eigenvalue weighted by atomic mass is 35.5. The Morgan fingerprint density at radius 1 is 1.55 bits per heavy atom. The van der Waals surface area contributed by atoms with Crippen molar-refractivity contribution in [3.63, 3.8) is 0 Å². The molecule has 1 saturated heterocycles. The average Bonchev–Trinajstić information content (AvgIpc) is 3.10. The van der Waals surface area contributed by atoms with Crippen LogP contribution in [0.15, 0.2) is 17.5 Å². The molecular formula is C14H23ClN2O2S. The summed E-state index contributed by atoms with van der Waals surface area (Å²) < 4.78 is 5.68. The van der Waals surface area contributed by atoms with Crippen molar-refractivity contribution >= 4 is 29.7 Å². The summed E-state index contributed by atoms with van der Waals surface area (Å²) >= 11 is 1.74. The Labute approximate surface area is 130 Å². The van der Waals surface area contributed by atoms with Gasteiger partial charge in [0.2, 0.25) is 0 Å². The molecule has 1 aromatic rings. The lowest BCUT2D eigenvalue weighted by Crippen LogP contribution is -2.40. The molecule has 114 valence electrons. The number of thiophene rings is 1. The number of amides is 1. The summed E-state index contributed by atoms with van der Waals surface area (Å²) in [6.07, 6.45) is 2.40. The fraction of sp³-hybridized carbons (Fsp3) is 0.643. The van der Waals surface area contributed by atoms with Gasteiger partial charge in [-0.2, -0.15) is 0 Å². The van der Waals surface area contributed by atoms with Crippen LogP contribution in [0.25, 0.3) is 0 Å². The molecule has 2 rings (SSSR count). The Hall–Kier alpha value is -0.620. The molecule has 4 nitrogen and oxygen atoms in total. The van der Waals surface area contributed by atoms with Crippen molar-refractivity contribution in [3.8, 4) is 0 Å². The van der Waals surface area contributed by atoms with Crippen LogP contribution in [-0.4, -0.2) is 42.6 Å². The molecule has 0 saturated carbocycles. The van der Waals surface area contributed by atoms with Gasteiger partial charge in [-0.3, -0.25) is 4.79 Å². The lowest BCUT2D eigenvalue weighted by atomic mass is 10.1. The molecule has 1 aromatic heterocycles. The summed E-state index contributed by atoms with van der Waals surface area (Å²) in [5.74, 6) is 0.120. The third-order valence-electron chi connectivity index (χ3n) is 3.55. The monoisotopic (exact) mass is 318 g/mol. The zero-order chi connectivity index (χ0) is 13.7. The Bertz CT molecular complexity index is 400. The van der Waals surface area contributed by atoms with Crippen molar-refractivity contribution in [3.05, 3.63) is 22.4 Å². The van der Waals surface area contributed by atoms with Gasteiger partial charge in [-0.05, 0) is 37.6 Å². The van der Waals surface area contributed by atoms with E-state index in [1.54, 1.807) is 11.3 Å². The Kier molecular flexibility index (Phi) is 7.51. The lowest BCUT2D eigenvalue weighted by Gasteiger charge is -2.24. The van der Waals surface area contributed by atoms with E-state index in [0.717, 1.165) is 32.4 Å². The van der Waals surface area contributed by atoms with E-state index in [0.29, 0.717) is 6.54 Å². The van der Waals surface area contributed by atoms with E-state index in [2.05, 4.69) is 11.4 Å². The first-order chi connectivity index (χ1) is 9.24. The van der Waals surface area contributed by atoms with Crippen LogP contribution in [0.3, 0.4) is 0 Å². The van der Waals surface area contributed by atoms with Crippen LogP contribution >= 0.6 is 23.7 Å². The third kappa shape index (κ3) is 4.45. The number of carbonyl (C=O) groups excluding carboxylic acids is 1. The number of halogens is 1. The normalized spacial score (nSPS) is 21.5. The minimum atomic E-state index is -0.281. The summed E-state index contributed by atoms with van der Waals surface area (Å²) in [5.41, 5.74) is 5.58. The number of rotatable bonds is 6. The van der Waals surface area contributed by atoms with Crippen LogP contribution < -0.4 is 5.73 Å². The zero-order valence-corrected chi connectivity index (χ0v) is 13.4. The second kappa shape index (κ2) is 8.62. The van der Waals surface area contributed by atoms with Gasteiger partial charge in [0.05, 0.1) is 6.10 Å². The van der Waals surface area contributed by atoms with Crippen LogP contribution in [0.2, 0.25) is 0 Å². The van der Waals surface area contributed by atoms with E-state index < -0.39 is 0 Å². The largest absolute Gasteiger partial charge is 0.364 e. The molecule has 0 bridgehead atoms. The van der Waals surface area contributed by atoms with Crippen molar-refractivity contribution in [2.45, 2.75) is 38.4 Å². The third-order valence-corrected chi connectivity index (χ3v) is 4.48. The minimum Gasteiger partial charge on any atom is -0.364 e.